The van der Waals surface area contributed by atoms with Crippen molar-refractivity contribution in [3.8, 4) is 6.07 Å². The van der Waals surface area contributed by atoms with E-state index in [0.29, 0.717) is 14.5 Å². The molecule has 56 valence electrons. The van der Waals surface area contributed by atoms with Crippen LogP contribution in [0.1, 0.15) is 5.56 Å². The number of nitrogens with zero attached hydrogens (tertiary/aromatic N) is 1. The van der Waals surface area contributed by atoms with Crippen LogP contribution in [0.5, 0.6) is 0 Å². The van der Waals surface area contributed by atoms with Gasteiger partial charge in [0.25, 0.3) is 0 Å². The van der Waals surface area contributed by atoms with Gasteiger partial charge in [0.2, 0.25) is 0 Å². The van der Waals surface area contributed by atoms with Gasteiger partial charge >= 0.3 is 0 Å². The van der Waals surface area contributed by atoms with Crippen LogP contribution >= 0.6 is 31.9 Å². The van der Waals surface area contributed by atoms with Gasteiger partial charge in [-0.05, 0) is 44.0 Å². The monoisotopic (exact) mass is 277 g/mol. The van der Waals surface area contributed by atoms with Gasteiger partial charge in [0.1, 0.15) is 0 Å². The maximum Gasteiger partial charge on any atom is 0.151 e. The summed E-state index contributed by atoms with van der Waals surface area (Å²) in [5.41, 5.74) is 0.421. The van der Waals surface area contributed by atoms with E-state index in [-0.39, 0.29) is 5.82 Å². The lowest BCUT2D eigenvalue weighted by Gasteiger charge is -1.96. The lowest BCUT2D eigenvalue weighted by Crippen LogP contribution is -1.82. The third-order valence-electron chi connectivity index (χ3n) is 1.11. The number of hydrogen-bond acceptors (Lipinski definition) is 1. The normalized spacial score (nSPS) is 9.27. The Balaban J connectivity index is 3.35. The van der Waals surface area contributed by atoms with Crippen molar-refractivity contribution < 1.29 is 4.39 Å². The molecule has 1 aromatic carbocycles. The molecule has 1 aromatic rings. The molecule has 0 amide bonds. The second kappa shape index (κ2) is 3.33. The van der Waals surface area contributed by atoms with Crippen LogP contribution in [-0.4, -0.2) is 0 Å². The molecular weight excluding hydrogens is 277 g/mol. The van der Waals surface area contributed by atoms with E-state index in [1.165, 1.54) is 12.1 Å². The van der Waals surface area contributed by atoms with E-state index in [9.17, 15) is 4.39 Å². The van der Waals surface area contributed by atoms with Gasteiger partial charge in [0.05, 0.1) is 20.6 Å². The molecule has 4 heteroatoms. The Morgan fingerprint density at radius 1 is 1.27 bits per heavy atom. The van der Waals surface area contributed by atoms with Gasteiger partial charge in [-0.2, -0.15) is 5.26 Å². The first kappa shape index (κ1) is 8.69. The van der Waals surface area contributed by atoms with Gasteiger partial charge in [0.15, 0.2) is 5.82 Å². The molecule has 1 nitrogen and oxygen atoms in total. The molecule has 0 atom stereocenters. The zero-order valence-corrected chi connectivity index (χ0v) is 8.41. The lowest BCUT2D eigenvalue weighted by molar-refractivity contribution is 0.614. The van der Waals surface area contributed by atoms with E-state index in [0.717, 1.165) is 0 Å². The number of rotatable bonds is 0. The van der Waals surface area contributed by atoms with Crippen molar-refractivity contribution in [1.82, 2.24) is 0 Å². The van der Waals surface area contributed by atoms with E-state index in [2.05, 4.69) is 31.9 Å². The summed E-state index contributed by atoms with van der Waals surface area (Å²) in [7, 11) is 0. The van der Waals surface area contributed by atoms with Crippen LogP contribution in [-0.2, 0) is 0 Å². The summed E-state index contributed by atoms with van der Waals surface area (Å²) < 4.78 is 13.4. The molecule has 0 aliphatic heterocycles. The second-order valence-corrected chi connectivity index (χ2v) is 3.57. The number of benzene rings is 1. The predicted octanol–water partition coefficient (Wildman–Crippen LogP) is 3.22. The van der Waals surface area contributed by atoms with Crippen molar-refractivity contribution in [2.45, 2.75) is 0 Å². The SMILES string of the molecule is N#Cc1cc(Br)c(F)c(Br)c1. The Kier molecular flexibility index (Phi) is 2.63. The molecule has 0 unspecified atom stereocenters. The summed E-state index contributed by atoms with van der Waals surface area (Å²) in [5.74, 6) is -0.385. The molecule has 0 bridgehead atoms. The molecule has 0 heterocycles. The van der Waals surface area contributed by atoms with Crippen LogP contribution in [0.25, 0.3) is 0 Å². The summed E-state index contributed by atoms with van der Waals surface area (Å²) in [6.07, 6.45) is 0. The minimum Gasteiger partial charge on any atom is -0.205 e. The zero-order valence-electron chi connectivity index (χ0n) is 5.24. The molecule has 0 aromatic heterocycles. The minimum absolute atomic E-state index is 0.295. The van der Waals surface area contributed by atoms with E-state index < -0.39 is 0 Å². The van der Waals surface area contributed by atoms with Crippen LogP contribution in [0.4, 0.5) is 4.39 Å². The van der Waals surface area contributed by atoms with Crippen molar-refractivity contribution >= 4 is 31.9 Å². The molecule has 11 heavy (non-hydrogen) atoms. The van der Waals surface area contributed by atoms with E-state index in [1.807, 2.05) is 6.07 Å². The summed E-state index contributed by atoms with van der Waals surface area (Å²) in [6.45, 7) is 0. The Morgan fingerprint density at radius 3 is 2.09 bits per heavy atom. The summed E-state index contributed by atoms with van der Waals surface area (Å²) in [6, 6.07) is 4.77. The third-order valence-corrected chi connectivity index (χ3v) is 2.27. The van der Waals surface area contributed by atoms with Crippen LogP contribution in [0.2, 0.25) is 0 Å². The Morgan fingerprint density at radius 2 is 1.73 bits per heavy atom. The molecule has 1 rings (SSSR count). The van der Waals surface area contributed by atoms with E-state index >= 15 is 0 Å². The van der Waals surface area contributed by atoms with Crippen molar-refractivity contribution in [3.63, 3.8) is 0 Å². The van der Waals surface area contributed by atoms with Crippen LogP contribution in [0.3, 0.4) is 0 Å². The highest BCUT2D eigenvalue weighted by atomic mass is 79.9. The lowest BCUT2D eigenvalue weighted by atomic mass is 10.2. The van der Waals surface area contributed by atoms with E-state index in [1.54, 1.807) is 0 Å². The Hall–Kier alpha value is -0.400. The maximum atomic E-state index is 12.8. The van der Waals surface area contributed by atoms with Crippen LogP contribution in [0, 0.1) is 17.1 Å². The molecule has 0 saturated carbocycles. The first-order chi connectivity index (χ1) is 5.15. The molecule has 0 N–H and O–H groups in total. The van der Waals surface area contributed by atoms with Crippen LogP contribution < -0.4 is 0 Å². The van der Waals surface area contributed by atoms with Crippen molar-refractivity contribution in [2.24, 2.45) is 0 Å². The fourth-order valence-corrected chi connectivity index (χ4v) is 1.81. The molecule has 0 saturated heterocycles. The first-order valence-electron chi connectivity index (χ1n) is 2.70. The quantitative estimate of drug-likeness (QED) is 0.669. The molecule has 0 spiro atoms. The highest BCUT2D eigenvalue weighted by Gasteiger charge is 2.05. The minimum atomic E-state index is -0.385. The standard InChI is InChI=1S/C7H2Br2FN/c8-5-1-4(3-11)2-6(9)7(5)10/h1-2H. The van der Waals surface area contributed by atoms with Crippen LogP contribution in [0.15, 0.2) is 21.1 Å². The first-order valence-corrected chi connectivity index (χ1v) is 4.28. The van der Waals surface area contributed by atoms with Gasteiger partial charge in [-0.15, -0.1) is 0 Å². The smallest absolute Gasteiger partial charge is 0.151 e. The fraction of sp³-hybridized carbons (Fsp3) is 0. The van der Waals surface area contributed by atoms with Gasteiger partial charge < -0.3 is 0 Å². The van der Waals surface area contributed by atoms with Crippen molar-refractivity contribution in [2.75, 3.05) is 0 Å². The van der Waals surface area contributed by atoms with Gasteiger partial charge in [-0.3, -0.25) is 0 Å². The zero-order chi connectivity index (χ0) is 8.43. The molecule has 0 radical (unpaired) electrons. The summed E-state index contributed by atoms with van der Waals surface area (Å²) >= 11 is 5.96. The van der Waals surface area contributed by atoms with Crippen molar-refractivity contribution in [3.05, 3.63) is 32.5 Å². The fourth-order valence-electron chi connectivity index (χ4n) is 0.620. The average Bonchev–Trinajstić information content (AvgIpc) is 1.99. The number of halogens is 3. The third kappa shape index (κ3) is 1.79. The Labute approximate surface area is 80.1 Å². The molecule has 0 aliphatic carbocycles. The van der Waals surface area contributed by atoms with Crippen molar-refractivity contribution in [1.29, 1.82) is 5.26 Å². The number of nitriles is 1. The largest absolute Gasteiger partial charge is 0.205 e. The molecule has 0 aliphatic rings. The van der Waals surface area contributed by atoms with Gasteiger partial charge in [-0.1, -0.05) is 0 Å². The topological polar surface area (TPSA) is 23.8 Å². The van der Waals surface area contributed by atoms with Gasteiger partial charge in [-0.25, -0.2) is 4.39 Å². The highest BCUT2D eigenvalue weighted by Crippen LogP contribution is 2.24. The summed E-state index contributed by atoms with van der Waals surface area (Å²) in [5, 5.41) is 8.46. The average molecular weight is 279 g/mol. The van der Waals surface area contributed by atoms with Gasteiger partial charge in [0, 0.05) is 0 Å². The predicted molar refractivity (Wildman–Crippen MR) is 46.5 cm³/mol. The highest BCUT2D eigenvalue weighted by molar-refractivity contribution is 9.11. The number of hydrogen-bond donors (Lipinski definition) is 0. The molecule has 0 fully saturated rings. The van der Waals surface area contributed by atoms with E-state index in [4.69, 9.17) is 5.26 Å². The maximum absolute atomic E-state index is 12.8. The Bertz CT molecular complexity index is 307. The molecular formula is C7H2Br2FN. The second-order valence-electron chi connectivity index (χ2n) is 1.87. The summed E-state index contributed by atoms with van der Waals surface area (Å²) in [4.78, 5) is 0.